The van der Waals surface area contributed by atoms with E-state index < -0.39 is 0 Å². The Hall–Kier alpha value is -3.29. The van der Waals surface area contributed by atoms with E-state index in [0.717, 1.165) is 57.7 Å². The zero-order valence-corrected chi connectivity index (χ0v) is 18.4. The van der Waals surface area contributed by atoms with Gasteiger partial charge in [-0.1, -0.05) is 18.2 Å². The van der Waals surface area contributed by atoms with Crippen molar-refractivity contribution in [2.24, 2.45) is 0 Å². The maximum atomic E-state index is 6.00. The summed E-state index contributed by atoms with van der Waals surface area (Å²) < 4.78 is 0. The Labute approximate surface area is 185 Å². The SMILES string of the molecule is Cc1nc(-c2cccc(N)c2)c(-c2ccnc(Nc3ccc4c(c3)CN(C)CC4)n2)s1. The third-order valence-electron chi connectivity index (χ3n) is 5.45. The minimum Gasteiger partial charge on any atom is -0.399 e. The van der Waals surface area contributed by atoms with Crippen molar-refractivity contribution in [2.75, 3.05) is 24.6 Å². The van der Waals surface area contributed by atoms with Crippen LogP contribution in [-0.4, -0.2) is 33.4 Å². The fourth-order valence-electron chi connectivity index (χ4n) is 3.93. The number of nitrogens with two attached hydrogens (primary N) is 1. The molecule has 0 unspecified atom stereocenters. The van der Waals surface area contributed by atoms with E-state index in [2.05, 4.69) is 40.4 Å². The van der Waals surface area contributed by atoms with Crippen molar-refractivity contribution in [1.29, 1.82) is 0 Å². The van der Waals surface area contributed by atoms with Gasteiger partial charge >= 0.3 is 0 Å². The van der Waals surface area contributed by atoms with Gasteiger partial charge in [-0.2, -0.15) is 0 Å². The highest BCUT2D eigenvalue weighted by atomic mass is 32.1. The molecule has 0 bridgehead atoms. The van der Waals surface area contributed by atoms with E-state index in [9.17, 15) is 0 Å². The maximum absolute atomic E-state index is 6.00. The van der Waals surface area contributed by atoms with Gasteiger partial charge in [0.05, 0.1) is 21.3 Å². The molecule has 2 aromatic heterocycles. The van der Waals surface area contributed by atoms with Crippen LogP contribution in [0.25, 0.3) is 21.8 Å². The number of nitrogens with zero attached hydrogens (tertiary/aromatic N) is 4. The van der Waals surface area contributed by atoms with Gasteiger partial charge < -0.3 is 16.0 Å². The number of benzene rings is 2. The topological polar surface area (TPSA) is 80.0 Å². The Kier molecular flexibility index (Phi) is 5.13. The minimum atomic E-state index is 0.575. The second-order valence-electron chi connectivity index (χ2n) is 7.90. The van der Waals surface area contributed by atoms with E-state index in [0.29, 0.717) is 5.95 Å². The molecule has 2 aromatic carbocycles. The summed E-state index contributed by atoms with van der Waals surface area (Å²) in [6.45, 7) is 4.08. The second kappa shape index (κ2) is 8.09. The molecular formula is C24H24N6S. The summed E-state index contributed by atoms with van der Waals surface area (Å²) in [4.78, 5) is 17.3. The standard InChI is InChI=1S/C24H24N6S/c1-15-27-22(17-4-3-5-19(25)12-17)23(31-15)21-8-10-26-24(29-21)28-20-7-6-16-9-11-30(2)14-18(16)13-20/h3-8,10,12-13H,9,11,14,25H2,1-2H3,(H,26,28,29). The molecule has 1 aliphatic heterocycles. The molecule has 4 aromatic rings. The highest BCUT2D eigenvalue weighted by Gasteiger charge is 2.16. The average Bonchev–Trinajstić information content (AvgIpc) is 3.15. The van der Waals surface area contributed by atoms with Crippen molar-refractivity contribution < 1.29 is 0 Å². The summed E-state index contributed by atoms with van der Waals surface area (Å²) in [6.07, 6.45) is 2.88. The molecule has 0 radical (unpaired) electrons. The Bertz CT molecular complexity index is 1250. The molecule has 6 nitrogen and oxygen atoms in total. The minimum absolute atomic E-state index is 0.575. The molecule has 0 saturated heterocycles. The van der Waals surface area contributed by atoms with E-state index in [1.54, 1.807) is 17.5 Å². The first-order chi connectivity index (χ1) is 15.0. The molecule has 31 heavy (non-hydrogen) atoms. The third kappa shape index (κ3) is 4.15. The number of likely N-dealkylation sites (N-methyl/N-ethyl adjacent to an activating group) is 1. The second-order valence-corrected chi connectivity index (χ2v) is 9.10. The molecule has 0 saturated carbocycles. The van der Waals surface area contributed by atoms with Crippen LogP contribution in [0.1, 0.15) is 16.1 Å². The van der Waals surface area contributed by atoms with Crippen LogP contribution >= 0.6 is 11.3 Å². The number of hydrogen-bond donors (Lipinski definition) is 2. The Morgan fingerprint density at radius 3 is 2.84 bits per heavy atom. The van der Waals surface area contributed by atoms with Gasteiger partial charge in [0.15, 0.2) is 0 Å². The number of thiazole rings is 1. The van der Waals surface area contributed by atoms with Gasteiger partial charge in [-0.3, -0.25) is 0 Å². The summed E-state index contributed by atoms with van der Waals surface area (Å²) >= 11 is 1.63. The van der Waals surface area contributed by atoms with Gasteiger partial charge in [-0.05, 0) is 61.9 Å². The van der Waals surface area contributed by atoms with E-state index >= 15 is 0 Å². The Morgan fingerprint density at radius 2 is 1.97 bits per heavy atom. The fourth-order valence-corrected chi connectivity index (χ4v) is 4.84. The van der Waals surface area contributed by atoms with Gasteiger partial charge in [0, 0.05) is 36.2 Å². The first-order valence-electron chi connectivity index (χ1n) is 10.3. The van der Waals surface area contributed by atoms with E-state index in [4.69, 9.17) is 15.7 Å². The molecule has 1 aliphatic rings. The van der Waals surface area contributed by atoms with Crippen molar-refractivity contribution in [3.63, 3.8) is 0 Å². The van der Waals surface area contributed by atoms with Crippen LogP contribution in [0.2, 0.25) is 0 Å². The van der Waals surface area contributed by atoms with Gasteiger partial charge in [0.25, 0.3) is 0 Å². The zero-order valence-electron chi connectivity index (χ0n) is 17.6. The van der Waals surface area contributed by atoms with Crippen LogP contribution in [0.4, 0.5) is 17.3 Å². The number of nitrogen functional groups attached to an aromatic ring is 1. The number of rotatable bonds is 4. The number of nitrogens with one attached hydrogen (secondary N) is 1. The lowest BCUT2D eigenvalue weighted by molar-refractivity contribution is 0.313. The third-order valence-corrected chi connectivity index (χ3v) is 6.44. The summed E-state index contributed by atoms with van der Waals surface area (Å²) in [5.41, 5.74) is 13.2. The molecule has 0 fully saturated rings. The van der Waals surface area contributed by atoms with Crippen LogP contribution in [0.5, 0.6) is 0 Å². The normalized spacial score (nSPS) is 13.7. The molecule has 7 heteroatoms. The summed E-state index contributed by atoms with van der Waals surface area (Å²) in [6, 6.07) is 16.2. The lowest BCUT2D eigenvalue weighted by Gasteiger charge is -2.25. The molecule has 156 valence electrons. The maximum Gasteiger partial charge on any atom is 0.227 e. The lowest BCUT2D eigenvalue weighted by Crippen LogP contribution is -2.26. The van der Waals surface area contributed by atoms with Crippen molar-refractivity contribution in [2.45, 2.75) is 19.9 Å². The van der Waals surface area contributed by atoms with Gasteiger partial charge in [-0.25, -0.2) is 15.0 Å². The Morgan fingerprint density at radius 1 is 1.06 bits per heavy atom. The van der Waals surface area contributed by atoms with E-state index in [1.165, 1.54) is 11.1 Å². The molecule has 3 heterocycles. The zero-order chi connectivity index (χ0) is 21.4. The Balaban J connectivity index is 1.46. The molecule has 0 spiro atoms. The van der Waals surface area contributed by atoms with E-state index in [-0.39, 0.29) is 0 Å². The summed E-state index contributed by atoms with van der Waals surface area (Å²) in [5, 5.41) is 4.36. The molecule has 3 N–H and O–H groups in total. The predicted molar refractivity (Wildman–Crippen MR) is 127 cm³/mol. The number of aryl methyl sites for hydroxylation is 1. The van der Waals surface area contributed by atoms with Crippen LogP contribution in [0.15, 0.2) is 54.7 Å². The fraction of sp³-hybridized carbons (Fsp3) is 0.208. The van der Waals surface area contributed by atoms with E-state index in [1.807, 2.05) is 37.3 Å². The first-order valence-corrected chi connectivity index (χ1v) is 11.1. The van der Waals surface area contributed by atoms with Crippen LogP contribution in [0.3, 0.4) is 0 Å². The van der Waals surface area contributed by atoms with Crippen molar-refractivity contribution in [3.05, 3.63) is 70.9 Å². The van der Waals surface area contributed by atoms with Gasteiger partial charge in [-0.15, -0.1) is 11.3 Å². The van der Waals surface area contributed by atoms with Crippen molar-refractivity contribution in [1.82, 2.24) is 19.9 Å². The van der Waals surface area contributed by atoms with Gasteiger partial charge in [0.2, 0.25) is 5.95 Å². The summed E-state index contributed by atoms with van der Waals surface area (Å²) in [5.74, 6) is 0.575. The molecular weight excluding hydrogens is 404 g/mol. The number of fused-ring (bicyclic) bond motifs is 1. The summed E-state index contributed by atoms with van der Waals surface area (Å²) in [7, 11) is 2.16. The van der Waals surface area contributed by atoms with Gasteiger partial charge in [0.1, 0.15) is 0 Å². The van der Waals surface area contributed by atoms with Crippen LogP contribution < -0.4 is 11.1 Å². The molecule has 5 rings (SSSR count). The van der Waals surface area contributed by atoms with Crippen LogP contribution in [-0.2, 0) is 13.0 Å². The highest BCUT2D eigenvalue weighted by molar-refractivity contribution is 7.15. The molecule has 0 amide bonds. The predicted octanol–water partition coefficient (Wildman–Crippen LogP) is 4.89. The molecule has 0 atom stereocenters. The average molecular weight is 429 g/mol. The largest absolute Gasteiger partial charge is 0.399 e. The van der Waals surface area contributed by atoms with Crippen molar-refractivity contribution >= 4 is 28.7 Å². The van der Waals surface area contributed by atoms with Crippen LogP contribution in [0, 0.1) is 6.92 Å². The highest BCUT2D eigenvalue weighted by Crippen LogP contribution is 2.36. The number of anilines is 3. The smallest absolute Gasteiger partial charge is 0.227 e. The number of hydrogen-bond acceptors (Lipinski definition) is 7. The quantitative estimate of drug-likeness (QED) is 0.451. The van der Waals surface area contributed by atoms with Crippen molar-refractivity contribution in [3.8, 4) is 21.8 Å². The number of aromatic nitrogens is 3. The lowest BCUT2D eigenvalue weighted by atomic mass is 9.99. The monoisotopic (exact) mass is 428 g/mol. The molecule has 0 aliphatic carbocycles. The first kappa shape index (κ1) is 19.7.